The first kappa shape index (κ1) is 18.6. The lowest BCUT2D eigenvalue weighted by molar-refractivity contribution is -0.122. The molecule has 1 atom stereocenters. The number of anilines is 1. The van der Waals surface area contributed by atoms with Gasteiger partial charge in [-0.1, -0.05) is 0 Å². The smallest absolute Gasteiger partial charge is 0.348 e. The van der Waals surface area contributed by atoms with Gasteiger partial charge in [0.25, 0.3) is 5.91 Å². The second kappa shape index (κ2) is 6.82. The average Bonchev–Trinajstić information content (AvgIpc) is 3.13. The van der Waals surface area contributed by atoms with E-state index in [1.807, 2.05) is 19.9 Å². The van der Waals surface area contributed by atoms with Gasteiger partial charge in [0.2, 0.25) is 10.0 Å². The quantitative estimate of drug-likeness (QED) is 0.796. The fourth-order valence-corrected chi connectivity index (χ4v) is 4.30. The number of amides is 1. The van der Waals surface area contributed by atoms with Crippen LogP contribution < -0.4 is 10.0 Å². The van der Waals surface area contributed by atoms with Crippen LogP contribution in [0, 0.1) is 6.92 Å². The predicted octanol–water partition coefficient (Wildman–Crippen LogP) is 1.84. The summed E-state index contributed by atoms with van der Waals surface area (Å²) >= 11 is 1.30. The Morgan fingerprint density at radius 2 is 2.04 bits per heavy atom. The highest BCUT2D eigenvalue weighted by Crippen LogP contribution is 2.33. The second-order valence-electron chi connectivity index (χ2n) is 6.14. The fraction of sp³-hybridized carbons (Fsp3) is 0.294. The van der Waals surface area contributed by atoms with E-state index in [-0.39, 0.29) is 23.5 Å². The van der Waals surface area contributed by atoms with Crippen molar-refractivity contribution in [2.75, 3.05) is 11.5 Å². The van der Waals surface area contributed by atoms with Crippen LogP contribution in [0.2, 0.25) is 0 Å². The minimum atomic E-state index is -3.80. The van der Waals surface area contributed by atoms with E-state index in [4.69, 9.17) is 9.88 Å². The van der Waals surface area contributed by atoms with Crippen LogP contribution in [0.1, 0.15) is 27.0 Å². The van der Waals surface area contributed by atoms with E-state index >= 15 is 0 Å². The van der Waals surface area contributed by atoms with Gasteiger partial charge in [-0.3, -0.25) is 4.79 Å². The van der Waals surface area contributed by atoms with Crippen molar-refractivity contribution in [2.45, 2.75) is 31.2 Å². The maximum absolute atomic E-state index is 12.6. The minimum Gasteiger partial charge on any atom is -0.451 e. The molecule has 2 aromatic rings. The Morgan fingerprint density at radius 3 is 2.65 bits per heavy atom. The normalized spacial score (nSPS) is 16.4. The Balaban J connectivity index is 1.74. The van der Waals surface area contributed by atoms with E-state index in [9.17, 15) is 18.0 Å². The van der Waals surface area contributed by atoms with Crippen LogP contribution >= 0.6 is 11.3 Å². The third-order valence-electron chi connectivity index (χ3n) is 4.13. The minimum absolute atomic E-state index is 0.0113. The van der Waals surface area contributed by atoms with Gasteiger partial charge in [-0.25, -0.2) is 18.4 Å². The molecule has 7 nitrogen and oxygen atoms in total. The van der Waals surface area contributed by atoms with Gasteiger partial charge in [0, 0.05) is 16.6 Å². The number of esters is 1. The molecule has 0 aliphatic carbocycles. The van der Waals surface area contributed by atoms with Gasteiger partial charge in [0.05, 0.1) is 4.90 Å². The molecule has 0 radical (unpaired) electrons. The van der Waals surface area contributed by atoms with E-state index in [2.05, 4.69) is 0 Å². The summed E-state index contributed by atoms with van der Waals surface area (Å²) in [5.74, 6) is -0.894. The van der Waals surface area contributed by atoms with E-state index in [1.165, 1.54) is 28.4 Å². The van der Waals surface area contributed by atoms with E-state index in [1.54, 1.807) is 12.1 Å². The zero-order valence-electron chi connectivity index (χ0n) is 14.3. The van der Waals surface area contributed by atoms with Gasteiger partial charge in [-0.2, -0.15) is 0 Å². The summed E-state index contributed by atoms with van der Waals surface area (Å²) in [6, 6.07) is 7.71. The number of benzene rings is 1. The summed E-state index contributed by atoms with van der Waals surface area (Å²) < 4.78 is 28.1. The molecule has 0 saturated carbocycles. The van der Waals surface area contributed by atoms with Crippen LogP contribution in [0.15, 0.2) is 35.2 Å². The molecule has 1 aliphatic heterocycles. The molecule has 26 heavy (non-hydrogen) atoms. The van der Waals surface area contributed by atoms with Crippen molar-refractivity contribution in [2.24, 2.45) is 5.14 Å². The molecule has 0 spiro atoms. The number of carbonyl (C=O) groups excluding carboxylic acids is 2. The molecule has 2 heterocycles. The molecule has 1 unspecified atom stereocenters. The number of thiophene rings is 1. The molecule has 2 N–H and O–H groups in total. The van der Waals surface area contributed by atoms with Gasteiger partial charge in [0.15, 0.2) is 6.61 Å². The largest absolute Gasteiger partial charge is 0.451 e. The Hall–Kier alpha value is -2.23. The molecule has 3 rings (SSSR count). The number of aryl methyl sites for hydroxylation is 1. The Kier molecular flexibility index (Phi) is 4.87. The number of primary sulfonamides is 1. The fourth-order valence-electron chi connectivity index (χ4n) is 2.98. The molecule has 1 aliphatic rings. The lowest BCUT2D eigenvalue weighted by atomic mass is 10.1. The van der Waals surface area contributed by atoms with Crippen molar-refractivity contribution in [3.8, 4) is 0 Å². The number of hydrogen-bond acceptors (Lipinski definition) is 6. The maximum Gasteiger partial charge on any atom is 0.348 e. The van der Waals surface area contributed by atoms with Crippen molar-refractivity contribution in [1.29, 1.82) is 0 Å². The molecule has 1 aromatic heterocycles. The number of nitrogens with zero attached hydrogens (tertiary/aromatic N) is 1. The molecule has 138 valence electrons. The number of fused-ring (bicyclic) bond motifs is 1. The predicted molar refractivity (Wildman–Crippen MR) is 97.8 cm³/mol. The lowest BCUT2D eigenvalue weighted by Gasteiger charge is -2.22. The second-order valence-corrected chi connectivity index (χ2v) is 8.99. The monoisotopic (exact) mass is 394 g/mol. The standard InChI is InChI=1S/C17H18N2O5S2/c1-10-7-12-8-13(26(18,22)23)4-5-14(12)19(10)16(20)9-24-17(21)15-6-3-11(2)25-15/h3-6,8,10H,7,9H2,1-2H3,(H2,18,22,23). The van der Waals surface area contributed by atoms with Crippen LogP contribution in [0.4, 0.5) is 5.69 Å². The molecule has 0 saturated heterocycles. The van der Waals surface area contributed by atoms with Crippen molar-refractivity contribution < 1.29 is 22.7 Å². The SMILES string of the molecule is Cc1ccc(C(=O)OCC(=O)N2c3ccc(S(N)(=O)=O)cc3CC2C)s1. The van der Waals surface area contributed by atoms with Gasteiger partial charge < -0.3 is 9.64 Å². The molecule has 1 aromatic carbocycles. The highest BCUT2D eigenvalue weighted by Gasteiger charge is 2.32. The summed E-state index contributed by atoms with van der Waals surface area (Å²) in [5, 5.41) is 5.15. The van der Waals surface area contributed by atoms with Crippen molar-refractivity contribution >= 4 is 38.9 Å². The summed E-state index contributed by atoms with van der Waals surface area (Å²) in [7, 11) is -3.80. The Labute approximate surface area is 155 Å². The zero-order chi connectivity index (χ0) is 19.1. The summed E-state index contributed by atoms with van der Waals surface area (Å²) in [6.07, 6.45) is 0.502. The first-order valence-corrected chi connectivity index (χ1v) is 10.2. The van der Waals surface area contributed by atoms with Gasteiger partial charge in [-0.05, 0) is 56.2 Å². The number of carbonyl (C=O) groups is 2. The van der Waals surface area contributed by atoms with Crippen LogP contribution in [0.25, 0.3) is 0 Å². The third kappa shape index (κ3) is 3.64. The lowest BCUT2D eigenvalue weighted by Crippen LogP contribution is -2.38. The average molecular weight is 394 g/mol. The molecular formula is C17H18N2O5S2. The number of ether oxygens (including phenoxy) is 1. The number of sulfonamides is 1. The van der Waals surface area contributed by atoms with Crippen molar-refractivity contribution in [1.82, 2.24) is 0 Å². The summed E-state index contributed by atoms with van der Waals surface area (Å²) in [5.41, 5.74) is 1.33. The van der Waals surface area contributed by atoms with Crippen LogP contribution in [0.5, 0.6) is 0 Å². The molecule has 9 heteroatoms. The molecule has 0 fully saturated rings. The Bertz CT molecular complexity index is 981. The number of nitrogens with two attached hydrogens (primary N) is 1. The van der Waals surface area contributed by atoms with E-state index in [0.717, 1.165) is 10.4 Å². The zero-order valence-corrected chi connectivity index (χ0v) is 15.9. The van der Waals surface area contributed by atoms with Crippen LogP contribution in [-0.2, 0) is 26.0 Å². The summed E-state index contributed by atoms with van der Waals surface area (Å²) in [6.45, 7) is 3.35. The van der Waals surface area contributed by atoms with Gasteiger partial charge in [0.1, 0.15) is 4.88 Å². The van der Waals surface area contributed by atoms with Crippen molar-refractivity contribution in [3.05, 3.63) is 45.6 Å². The van der Waals surface area contributed by atoms with Crippen molar-refractivity contribution in [3.63, 3.8) is 0 Å². The van der Waals surface area contributed by atoms with E-state index < -0.39 is 16.0 Å². The topological polar surface area (TPSA) is 107 Å². The summed E-state index contributed by atoms with van der Waals surface area (Å²) in [4.78, 5) is 27.5. The molecular weight excluding hydrogens is 376 g/mol. The van der Waals surface area contributed by atoms with E-state index in [0.29, 0.717) is 17.0 Å². The maximum atomic E-state index is 12.6. The first-order valence-electron chi connectivity index (χ1n) is 7.88. The van der Waals surface area contributed by atoms with Gasteiger partial charge in [-0.15, -0.1) is 11.3 Å². The third-order valence-corrected chi connectivity index (χ3v) is 6.02. The van der Waals surface area contributed by atoms with Gasteiger partial charge >= 0.3 is 5.97 Å². The number of rotatable bonds is 4. The first-order chi connectivity index (χ1) is 12.2. The molecule has 0 bridgehead atoms. The highest BCUT2D eigenvalue weighted by atomic mass is 32.2. The Morgan fingerprint density at radius 1 is 1.31 bits per heavy atom. The molecule has 1 amide bonds. The number of hydrogen-bond donors (Lipinski definition) is 1. The van der Waals surface area contributed by atoms with Crippen LogP contribution in [-0.4, -0.2) is 32.9 Å². The van der Waals surface area contributed by atoms with Crippen LogP contribution in [0.3, 0.4) is 0 Å². The highest BCUT2D eigenvalue weighted by molar-refractivity contribution is 7.89.